The van der Waals surface area contributed by atoms with Crippen LogP contribution in [0.5, 0.6) is 0 Å². The van der Waals surface area contributed by atoms with Crippen molar-refractivity contribution in [1.29, 1.82) is 0 Å². The second kappa shape index (κ2) is 7.41. The first-order valence-corrected chi connectivity index (χ1v) is 11.4. The van der Waals surface area contributed by atoms with E-state index >= 15 is 0 Å². The third-order valence-corrected chi connectivity index (χ3v) is 7.83. The number of hydrogen-bond donors (Lipinski definition) is 0. The second-order valence-corrected chi connectivity index (χ2v) is 9.84. The average molecular weight is 419 g/mol. The largest absolute Gasteiger partial charge is 0.338 e. The molecule has 2 aromatic rings. The van der Waals surface area contributed by atoms with Gasteiger partial charge in [0.05, 0.1) is 10.7 Å². The predicted octanol–water partition coefficient (Wildman–Crippen LogP) is 3.96. The zero-order valence-electron chi connectivity index (χ0n) is 15.8. The van der Waals surface area contributed by atoms with Crippen molar-refractivity contribution in [2.24, 2.45) is 5.92 Å². The molecule has 2 aromatic carbocycles. The Labute approximate surface area is 171 Å². The molecule has 2 aliphatic rings. The summed E-state index contributed by atoms with van der Waals surface area (Å²) in [5, 5.41) is 0.132. The summed E-state index contributed by atoms with van der Waals surface area (Å²) in [6, 6.07) is 12.0. The Morgan fingerprint density at radius 1 is 1.14 bits per heavy atom. The lowest BCUT2D eigenvalue weighted by molar-refractivity contribution is 0.0683. The van der Waals surface area contributed by atoms with Crippen molar-refractivity contribution < 1.29 is 13.2 Å². The maximum Gasteiger partial charge on any atom is 0.265 e. The number of halogens is 1. The molecule has 1 amide bonds. The van der Waals surface area contributed by atoms with Crippen molar-refractivity contribution in [3.8, 4) is 0 Å². The number of amides is 1. The topological polar surface area (TPSA) is 57.7 Å². The van der Waals surface area contributed by atoms with Crippen molar-refractivity contribution in [1.82, 2.24) is 4.90 Å². The molecule has 0 aliphatic carbocycles. The molecule has 28 heavy (non-hydrogen) atoms. The van der Waals surface area contributed by atoms with Crippen molar-refractivity contribution in [3.05, 3.63) is 58.6 Å². The molecule has 7 heteroatoms. The Kier molecular flexibility index (Phi) is 5.10. The second-order valence-electron chi connectivity index (χ2n) is 7.60. The minimum Gasteiger partial charge on any atom is -0.338 e. The fourth-order valence-corrected chi connectivity index (χ4v) is 6.07. The molecule has 0 aromatic heterocycles. The smallest absolute Gasteiger partial charge is 0.265 e. The third-order valence-electron chi connectivity index (χ3n) is 5.53. The van der Waals surface area contributed by atoms with Gasteiger partial charge in [-0.25, -0.2) is 8.42 Å². The predicted molar refractivity (Wildman–Crippen MR) is 110 cm³/mol. The minimum absolute atomic E-state index is 0.0122. The van der Waals surface area contributed by atoms with E-state index in [4.69, 9.17) is 11.6 Å². The van der Waals surface area contributed by atoms with Gasteiger partial charge in [0.2, 0.25) is 0 Å². The lowest BCUT2D eigenvalue weighted by atomic mass is 9.99. The van der Waals surface area contributed by atoms with Gasteiger partial charge in [-0.2, -0.15) is 0 Å². The van der Waals surface area contributed by atoms with Crippen LogP contribution in [0.15, 0.2) is 47.4 Å². The Morgan fingerprint density at radius 3 is 2.71 bits per heavy atom. The molecular weight excluding hydrogens is 396 g/mol. The first-order chi connectivity index (χ1) is 13.4. The van der Waals surface area contributed by atoms with Crippen LogP contribution in [0.25, 0.3) is 0 Å². The number of benzene rings is 2. The summed E-state index contributed by atoms with van der Waals surface area (Å²) >= 11 is 6.27. The average Bonchev–Trinajstić information content (AvgIpc) is 3.12. The van der Waals surface area contributed by atoms with Gasteiger partial charge in [-0.1, -0.05) is 36.7 Å². The Hall–Kier alpha value is -2.05. The van der Waals surface area contributed by atoms with Crippen LogP contribution in [0.1, 0.15) is 35.7 Å². The highest BCUT2D eigenvalue weighted by Crippen LogP contribution is 2.35. The summed E-state index contributed by atoms with van der Waals surface area (Å²) in [5.41, 5.74) is 2.04. The molecule has 148 valence electrons. The number of carbonyl (C=O) groups excluding carboxylic acids is 1. The number of hydrogen-bond acceptors (Lipinski definition) is 3. The monoisotopic (exact) mass is 418 g/mol. The quantitative estimate of drug-likeness (QED) is 0.757. The molecule has 0 spiro atoms. The normalized spacial score (nSPS) is 19.6. The number of sulfonamides is 1. The molecule has 2 aliphatic heterocycles. The minimum atomic E-state index is -3.85. The number of anilines is 1. The molecule has 1 saturated heterocycles. The standard InChI is InChI=1S/C21H23ClN2O3S/c1-15-5-4-11-23(14-15)21(25)17-8-9-18(22)20(13-17)28(26,27)24-12-10-16-6-2-3-7-19(16)24/h2-3,6-9,13,15H,4-5,10-12,14H2,1H3. The van der Waals surface area contributed by atoms with Gasteiger partial charge in [0, 0.05) is 25.2 Å². The summed E-state index contributed by atoms with van der Waals surface area (Å²) in [6.45, 7) is 3.90. The lowest BCUT2D eigenvalue weighted by Gasteiger charge is -2.31. The van der Waals surface area contributed by atoms with E-state index in [0.29, 0.717) is 43.2 Å². The lowest BCUT2D eigenvalue weighted by Crippen LogP contribution is -2.39. The highest BCUT2D eigenvalue weighted by molar-refractivity contribution is 7.93. The number of nitrogens with zero attached hydrogens (tertiary/aromatic N) is 2. The van der Waals surface area contributed by atoms with Crippen LogP contribution in [0, 0.1) is 5.92 Å². The summed E-state index contributed by atoms with van der Waals surface area (Å²) in [4.78, 5) is 14.7. The SMILES string of the molecule is CC1CCCN(C(=O)c2ccc(Cl)c(S(=O)(=O)N3CCc4ccccc43)c2)C1. The number of carbonyl (C=O) groups is 1. The first-order valence-electron chi connectivity index (χ1n) is 9.57. The van der Waals surface area contributed by atoms with Crippen LogP contribution in [-0.2, 0) is 16.4 Å². The third kappa shape index (κ3) is 3.40. The highest BCUT2D eigenvalue weighted by atomic mass is 35.5. The van der Waals surface area contributed by atoms with E-state index < -0.39 is 10.0 Å². The van der Waals surface area contributed by atoms with Crippen molar-refractivity contribution in [2.45, 2.75) is 31.1 Å². The Morgan fingerprint density at radius 2 is 1.93 bits per heavy atom. The summed E-state index contributed by atoms with van der Waals surface area (Å²) in [6.07, 6.45) is 2.74. The van der Waals surface area contributed by atoms with Gasteiger partial charge in [0.15, 0.2) is 0 Å². The van der Waals surface area contributed by atoms with Gasteiger partial charge in [0.1, 0.15) is 4.90 Å². The fraction of sp³-hybridized carbons (Fsp3) is 0.381. The van der Waals surface area contributed by atoms with Crippen molar-refractivity contribution in [2.75, 3.05) is 23.9 Å². The van der Waals surface area contributed by atoms with Gasteiger partial charge in [-0.15, -0.1) is 0 Å². The molecule has 0 bridgehead atoms. The van der Waals surface area contributed by atoms with Crippen molar-refractivity contribution >= 4 is 33.2 Å². The van der Waals surface area contributed by atoms with Crippen LogP contribution in [0.3, 0.4) is 0 Å². The van der Waals surface area contributed by atoms with Crippen LogP contribution in [0.2, 0.25) is 5.02 Å². The van der Waals surface area contributed by atoms with Gasteiger partial charge in [0.25, 0.3) is 15.9 Å². The summed E-state index contributed by atoms with van der Waals surface area (Å²) < 4.78 is 28.1. The molecule has 0 N–H and O–H groups in total. The van der Waals surface area contributed by atoms with E-state index in [9.17, 15) is 13.2 Å². The van der Waals surface area contributed by atoms with Gasteiger partial charge in [-0.3, -0.25) is 9.10 Å². The summed E-state index contributed by atoms with van der Waals surface area (Å²) in [7, 11) is -3.85. The van der Waals surface area contributed by atoms with Crippen LogP contribution in [0.4, 0.5) is 5.69 Å². The maximum atomic E-state index is 13.3. The van der Waals surface area contributed by atoms with Gasteiger partial charge < -0.3 is 4.90 Å². The number of rotatable bonds is 3. The van der Waals surface area contributed by atoms with E-state index in [1.165, 1.54) is 16.4 Å². The fourth-order valence-electron chi connectivity index (χ4n) is 4.07. The molecule has 0 radical (unpaired) electrons. The first kappa shape index (κ1) is 19.3. The Balaban J connectivity index is 1.68. The zero-order chi connectivity index (χ0) is 19.9. The number of likely N-dealkylation sites (tertiary alicyclic amines) is 1. The van der Waals surface area contributed by atoms with Crippen LogP contribution in [-0.4, -0.2) is 38.9 Å². The van der Waals surface area contributed by atoms with E-state index in [1.807, 2.05) is 18.2 Å². The molecule has 1 unspecified atom stereocenters. The van der Waals surface area contributed by atoms with Crippen LogP contribution >= 0.6 is 11.6 Å². The van der Waals surface area contributed by atoms with E-state index in [2.05, 4.69) is 6.92 Å². The molecule has 5 nitrogen and oxygen atoms in total. The van der Waals surface area contributed by atoms with E-state index in [0.717, 1.165) is 18.4 Å². The molecule has 1 fully saturated rings. The van der Waals surface area contributed by atoms with E-state index in [-0.39, 0.29) is 15.8 Å². The zero-order valence-corrected chi connectivity index (χ0v) is 17.3. The molecule has 2 heterocycles. The molecule has 0 saturated carbocycles. The molecular formula is C21H23ClN2O3S. The highest BCUT2D eigenvalue weighted by Gasteiger charge is 2.33. The van der Waals surface area contributed by atoms with Gasteiger partial charge in [-0.05, 0) is 55.0 Å². The van der Waals surface area contributed by atoms with Gasteiger partial charge >= 0.3 is 0 Å². The summed E-state index contributed by atoms with van der Waals surface area (Å²) in [5.74, 6) is 0.316. The molecule has 4 rings (SSSR count). The van der Waals surface area contributed by atoms with E-state index in [1.54, 1.807) is 17.0 Å². The van der Waals surface area contributed by atoms with Crippen molar-refractivity contribution in [3.63, 3.8) is 0 Å². The number of para-hydroxylation sites is 1. The maximum absolute atomic E-state index is 13.3. The number of fused-ring (bicyclic) bond motifs is 1. The Bertz CT molecular complexity index is 1020. The number of piperidine rings is 1. The van der Waals surface area contributed by atoms with Crippen LogP contribution < -0.4 is 4.31 Å². The molecule has 1 atom stereocenters.